The largest absolute Gasteiger partial charge is 0.325 e. The molecule has 2 nitrogen and oxygen atoms in total. The molecule has 1 heterocycles. The Balaban J connectivity index is 0.000000845. The quantitative estimate of drug-likeness (QED) is 0.829. The maximum Gasteiger partial charge on any atom is 0.106 e. The molecule has 0 amide bonds. The zero-order valence-electron chi connectivity index (χ0n) is 7.53. The van der Waals surface area contributed by atoms with Crippen LogP contribution >= 0.6 is 23.7 Å². The van der Waals surface area contributed by atoms with Gasteiger partial charge in [0.1, 0.15) is 5.01 Å². The van der Waals surface area contributed by atoms with E-state index in [1.807, 2.05) is 6.20 Å². The Kier molecular flexibility index (Phi) is 4.16. The highest BCUT2D eigenvalue weighted by Gasteiger charge is 2.18. The van der Waals surface area contributed by atoms with Crippen molar-refractivity contribution in [1.29, 1.82) is 0 Å². The average molecular weight is 219 g/mol. The van der Waals surface area contributed by atoms with E-state index in [4.69, 9.17) is 5.73 Å². The lowest BCUT2D eigenvalue weighted by molar-refractivity contribution is 0.736. The first kappa shape index (κ1) is 11.0. The molecule has 2 rings (SSSR count). The molecule has 0 radical (unpaired) electrons. The number of nitrogens with zero attached hydrogens (tertiary/aromatic N) is 1. The summed E-state index contributed by atoms with van der Waals surface area (Å²) >= 11 is 1.79. The fourth-order valence-electron chi connectivity index (χ4n) is 1.82. The van der Waals surface area contributed by atoms with Crippen LogP contribution in [0.5, 0.6) is 0 Å². The number of aromatic nitrogens is 1. The van der Waals surface area contributed by atoms with Gasteiger partial charge in [-0.2, -0.15) is 0 Å². The normalized spacial score (nSPS) is 17.3. The highest BCUT2D eigenvalue weighted by atomic mass is 35.5. The van der Waals surface area contributed by atoms with Crippen LogP contribution in [0.1, 0.15) is 41.5 Å². The van der Waals surface area contributed by atoms with E-state index < -0.39 is 0 Å². The van der Waals surface area contributed by atoms with E-state index in [1.165, 1.54) is 30.6 Å². The number of thiazole rings is 1. The summed E-state index contributed by atoms with van der Waals surface area (Å²) in [6, 6.07) is 0. The molecule has 1 aliphatic carbocycles. The zero-order valence-corrected chi connectivity index (χ0v) is 9.16. The number of hydrogen-bond donors (Lipinski definition) is 1. The van der Waals surface area contributed by atoms with Gasteiger partial charge in [0, 0.05) is 17.6 Å². The minimum atomic E-state index is 0. The summed E-state index contributed by atoms with van der Waals surface area (Å²) in [6.07, 6.45) is 7.50. The molecular formula is C9H15ClN2S. The van der Waals surface area contributed by atoms with Crippen molar-refractivity contribution in [2.24, 2.45) is 5.73 Å². The summed E-state index contributed by atoms with van der Waals surface area (Å²) in [5, 5.41) is 1.08. The van der Waals surface area contributed by atoms with Crippen LogP contribution in [0.3, 0.4) is 0 Å². The van der Waals surface area contributed by atoms with Crippen molar-refractivity contribution >= 4 is 23.7 Å². The van der Waals surface area contributed by atoms with Crippen molar-refractivity contribution in [2.45, 2.75) is 38.1 Å². The molecule has 1 aromatic rings. The molecule has 0 aromatic carbocycles. The molecule has 0 bridgehead atoms. The van der Waals surface area contributed by atoms with E-state index in [0.29, 0.717) is 6.54 Å². The summed E-state index contributed by atoms with van der Waals surface area (Å²) in [7, 11) is 0. The van der Waals surface area contributed by atoms with E-state index in [2.05, 4.69) is 4.98 Å². The van der Waals surface area contributed by atoms with Gasteiger partial charge in [0.15, 0.2) is 0 Å². The van der Waals surface area contributed by atoms with E-state index in [1.54, 1.807) is 11.3 Å². The van der Waals surface area contributed by atoms with Crippen LogP contribution < -0.4 is 5.73 Å². The lowest BCUT2D eigenvalue weighted by Gasteiger charge is -2.02. The Labute approximate surface area is 89.0 Å². The topological polar surface area (TPSA) is 38.9 Å². The minimum absolute atomic E-state index is 0. The molecule has 13 heavy (non-hydrogen) atoms. The number of halogens is 1. The Morgan fingerprint density at radius 1 is 1.46 bits per heavy atom. The first-order valence-electron chi connectivity index (χ1n) is 4.55. The lowest BCUT2D eigenvalue weighted by Crippen LogP contribution is -1.93. The second kappa shape index (κ2) is 4.94. The maximum absolute atomic E-state index is 5.51. The first-order chi connectivity index (χ1) is 5.90. The molecule has 0 spiro atoms. The molecule has 1 fully saturated rings. The number of hydrogen-bond acceptors (Lipinski definition) is 3. The predicted octanol–water partition coefficient (Wildman–Crippen LogP) is 2.68. The number of nitrogens with two attached hydrogens (primary N) is 1. The van der Waals surface area contributed by atoms with Crippen LogP contribution in [0, 0.1) is 0 Å². The predicted molar refractivity (Wildman–Crippen MR) is 58.5 cm³/mol. The lowest BCUT2D eigenvalue weighted by atomic mass is 10.1. The standard InChI is InChI=1S/C9H14N2S.ClH/c10-5-9-11-6-8(12-9)7-3-1-2-4-7;/h6-7H,1-5,10H2;1H. The van der Waals surface area contributed by atoms with Gasteiger partial charge in [-0.05, 0) is 18.8 Å². The van der Waals surface area contributed by atoms with Crippen LogP contribution in [0.25, 0.3) is 0 Å². The first-order valence-corrected chi connectivity index (χ1v) is 5.36. The van der Waals surface area contributed by atoms with Crippen LogP contribution in [-0.2, 0) is 6.54 Å². The Morgan fingerprint density at radius 3 is 2.69 bits per heavy atom. The second-order valence-electron chi connectivity index (χ2n) is 3.34. The molecule has 1 aliphatic rings. The molecule has 74 valence electrons. The molecule has 0 unspecified atom stereocenters. The van der Waals surface area contributed by atoms with Crippen molar-refractivity contribution in [3.63, 3.8) is 0 Å². The molecule has 0 aliphatic heterocycles. The van der Waals surface area contributed by atoms with Crippen molar-refractivity contribution in [3.05, 3.63) is 16.1 Å². The Bertz CT molecular complexity index is 256. The van der Waals surface area contributed by atoms with Crippen LogP contribution in [0.15, 0.2) is 6.20 Å². The van der Waals surface area contributed by atoms with Crippen molar-refractivity contribution in [2.75, 3.05) is 0 Å². The highest BCUT2D eigenvalue weighted by Crippen LogP contribution is 2.36. The van der Waals surface area contributed by atoms with Gasteiger partial charge in [-0.15, -0.1) is 23.7 Å². The van der Waals surface area contributed by atoms with Gasteiger partial charge >= 0.3 is 0 Å². The highest BCUT2D eigenvalue weighted by molar-refractivity contribution is 7.11. The van der Waals surface area contributed by atoms with Crippen LogP contribution in [0.2, 0.25) is 0 Å². The molecule has 2 N–H and O–H groups in total. The summed E-state index contributed by atoms with van der Waals surface area (Å²) in [4.78, 5) is 5.72. The monoisotopic (exact) mass is 218 g/mol. The second-order valence-corrected chi connectivity index (χ2v) is 4.49. The third kappa shape index (κ3) is 2.42. The molecule has 0 saturated heterocycles. The van der Waals surface area contributed by atoms with Crippen LogP contribution in [-0.4, -0.2) is 4.98 Å². The maximum atomic E-state index is 5.51. The molecular weight excluding hydrogens is 204 g/mol. The SMILES string of the molecule is Cl.NCc1ncc(C2CCCC2)s1. The van der Waals surface area contributed by atoms with Crippen molar-refractivity contribution in [3.8, 4) is 0 Å². The molecule has 4 heteroatoms. The molecule has 0 atom stereocenters. The smallest absolute Gasteiger partial charge is 0.106 e. The zero-order chi connectivity index (χ0) is 8.39. The fraction of sp³-hybridized carbons (Fsp3) is 0.667. The summed E-state index contributed by atoms with van der Waals surface area (Å²) < 4.78 is 0. The number of rotatable bonds is 2. The molecule has 1 aromatic heterocycles. The average Bonchev–Trinajstić information content (AvgIpc) is 2.75. The van der Waals surface area contributed by atoms with Gasteiger partial charge in [0.2, 0.25) is 0 Å². The third-order valence-corrected chi connectivity index (χ3v) is 3.69. The van der Waals surface area contributed by atoms with Gasteiger partial charge in [-0.3, -0.25) is 0 Å². The van der Waals surface area contributed by atoms with E-state index in [9.17, 15) is 0 Å². The van der Waals surface area contributed by atoms with E-state index >= 15 is 0 Å². The van der Waals surface area contributed by atoms with Gasteiger partial charge in [-0.25, -0.2) is 4.98 Å². The van der Waals surface area contributed by atoms with Gasteiger partial charge in [-0.1, -0.05) is 12.8 Å². The van der Waals surface area contributed by atoms with Crippen molar-refractivity contribution in [1.82, 2.24) is 4.98 Å². The molecule has 1 saturated carbocycles. The van der Waals surface area contributed by atoms with E-state index in [-0.39, 0.29) is 12.4 Å². The fourth-order valence-corrected chi connectivity index (χ4v) is 2.79. The summed E-state index contributed by atoms with van der Waals surface area (Å²) in [5.41, 5.74) is 5.51. The van der Waals surface area contributed by atoms with Gasteiger partial charge in [0.05, 0.1) is 0 Å². The van der Waals surface area contributed by atoms with E-state index in [0.717, 1.165) is 10.9 Å². The van der Waals surface area contributed by atoms with Crippen LogP contribution in [0.4, 0.5) is 0 Å². The van der Waals surface area contributed by atoms with Gasteiger partial charge < -0.3 is 5.73 Å². The third-order valence-electron chi connectivity index (χ3n) is 2.50. The van der Waals surface area contributed by atoms with Crippen molar-refractivity contribution < 1.29 is 0 Å². The Hall–Kier alpha value is -0.120. The Morgan fingerprint density at radius 2 is 2.15 bits per heavy atom. The summed E-state index contributed by atoms with van der Waals surface area (Å²) in [6.45, 7) is 0.595. The summed E-state index contributed by atoms with van der Waals surface area (Å²) in [5.74, 6) is 0.794. The minimum Gasteiger partial charge on any atom is -0.325 e. The van der Waals surface area contributed by atoms with Gasteiger partial charge in [0.25, 0.3) is 0 Å².